The molecule has 1 saturated heterocycles. The maximum absolute atomic E-state index is 12.9. The van der Waals surface area contributed by atoms with Gasteiger partial charge in [-0.25, -0.2) is 9.07 Å². The summed E-state index contributed by atoms with van der Waals surface area (Å²) < 4.78 is 19.8. The van der Waals surface area contributed by atoms with Crippen LogP contribution < -0.4 is 4.74 Å². The first kappa shape index (κ1) is 16.9. The van der Waals surface area contributed by atoms with Gasteiger partial charge in [-0.15, -0.1) is 5.10 Å². The number of carbonyl (C=O) groups excluding carboxylic acids is 1. The molecule has 8 nitrogen and oxygen atoms in total. The fourth-order valence-electron chi connectivity index (χ4n) is 2.66. The number of aliphatic carboxylic acids is 1. The van der Waals surface area contributed by atoms with E-state index in [2.05, 4.69) is 10.3 Å². The first-order chi connectivity index (χ1) is 12.0. The number of halogens is 1. The molecular weight excluding hydrogens is 331 g/mol. The minimum atomic E-state index is -1.05. The van der Waals surface area contributed by atoms with E-state index in [1.807, 2.05) is 0 Å². The lowest BCUT2D eigenvalue weighted by Gasteiger charge is -2.31. The Morgan fingerprint density at radius 1 is 1.24 bits per heavy atom. The van der Waals surface area contributed by atoms with Gasteiger partial charge in [0.15, 0.2) is 5.69 Å². The first-order valence-electron chi connectivity index (χ1n) is 7.84. The summed E-state index contributed by atoms with van der Waals surface area (Å²) >= 11 is 0. The number of hydrogen-bond acceptors (Lipinski definition) is 5. The van der Waals surface area contributed by atoms with Gasteiger partial charge in [-0.1, -0.05) is 5.21 Å². The van der Waals surface area contributed by atoms with Crippen LogP contribution in [0.4, 0.5) is 4.39 Å². The number of likely N-dealkylation sites (tertiary alicyclic amines) is 1. The fraction of sp³-hybridized carbons (Fsp3) is 0.375. The van der Waals surface area contributed by atoms with Crippen LogP contribution in [0, 0.1) is 5.82 Å². The van der Waals surface area contributed by atoms with Crippen molar-refractivity contribution in [2.45, 2.75) is 25.5 Å². The molecule has 2 aromatic rings. The van der Waals surface area contributed by atoms with Gasteiger partial charge in [-0.3, -0.25) is 9.59 Å². The van der Waals surface area contributed by atoms with Crippen molar-refractivity contribution in [2.24, 2.45) is 0 Å². The highest BCUT2D eigenvalue weighted by Crippen LogP contribution is 2.20. The number of carboxylic acid groups (broad SMARTS) is 1. The molecule has 0 spiro atoms. The number of amides is 1. The second kappa shape index (κ2) is 7.29. The van der Waals surface area contributed by atoms with Gasteiger partial charge in [0.1, 0.15) is 24.2 Å². The number of nitrogens with zero attached hydrogens (tertiary/aromatic N) is 4. The summed E-state index contributed by atoms with van der Waals surface area (Å²) in [6, 6.07) is 5.84. The van der Waals surface area contributed by atoms with Crippen LogP contribution in [0.25, 0.3) is 0 Å². The zero-order valence-electron chi connectivity index (χ0n) is 13.3. The zero-order chi connectivity index (χ0) is 17.8. The van der Waals surface area contributed by atoms with Crippen molar-refractivity contribution in [1.29, 1.82) is 0 Å². The smallest absolute Gasteiger partial charge is 0.325 e. The maximum Gasteiger partial charge on any atom is 0.325 e. The number of carbonyl (C=O) groups is 2. The summed E-state index contributed by atoms with van der Waals surface area (Å²) in [5, 5.41) is 16.1. The van der Waals surface area contributed by atoms with Gasteiger partial charge in [-0.05, 0) is 24.3 Å². The summed E-state index contributed by atoms with van der Waals surface area (Å²) in [7, 11) is 0. The number of rotatable bonds is 5. The highest BCUT2D eigenvalue weighted by atomic mass is 19.1. The van der Waals surface area contributed by atoms with Crippen molar-refractivity contribution in [3.05, 3.63) is 42.0 Å². The summed E-state index contributed by atoms with van der Waals surface area (Å²) in [5.74, 6) is -1.05. The van der Waals surface area contributed by atoms with Crippen molar-refractivity contribution in [2.75, 3.05) is 13.1 Å². The van der Waals surface area contributed by atoms with Crippen molar-refractivity contribution in [3.8, 4) is 5.75 Å². The molecule has 1 N–H and O–H groups in total. The van der Waals surface area contributed by atoms with E-state index in [1.165, 1.54) is 18.3 Å². The predicted molar refractivity (Wildman–Crippen MR) is 83.6 cm³/mol. The van der Waals surface area contributed by atoms with Gasteiger partial charge in [-0.2, -0.15) is 0 Å². The number of ether oxygens (including phenoxy) is 1. The maximum atomic E-state index is 12.9. The quantitative estimate of drug-likeness (QED) is 0.871. The Balaban J connectivity index is 1.52. The standard InChI is InChI=1S/C16H17FN4O4/c17-11-1-3-12(4-2-11)25-13-5-7-20(8-6-13)16(24)14-9-21(19-18-14)10-15(22)23/h1-4,9,13H,5-8,10H2,(H,22,23). The molecule has 0 saturated carbocycles. The fourth-order valence-corrected chi connectivity index (χ4v) is 2.66. The summed E-state index contributed by atoms with van der Waals surface area (Å²) in [4.78, 5) is 24.7. The third kappa shape index (κ3) is 4.31. The molecule has 0 unspecified atom stereocenters. The Labute approximate surface area is 142 Å². The average Bonchev–Trinajstić information content (AvgIpc) is 3.05. The van der Waals surface area contributed by atoms with Crippen LogP contribution in [0.15, 0.2) is 30.5 Å². The molecule has 1 aromatic heterocycles. The monoisotopic (exact) mass is 348 g/mol. The predicted octanol–water partition coefficient (Wildman–Crippen LogP) is 1.19. The Morgan fingerprint density at radius 3 is 2.56 bits per heavy atom. The van der Waals surface area contributed by atoms with Gasteiger partial charge in [0.2, 0.25) is 0 Å². The van der Waals surface area contributed by atoms with E-state index < -0.39 is 5.97 Å². The molecule has 2 heterocycles. The third-order valence-electron chi connectivity index (χ3n) is 3.90. The molecule has 1 aliphatic heterocycles. The molecule has 1 fully saturated rings. The van der Waals surface area contributed by atoms with Crippen molar-refractivity contribution >= 4 is 11.9 Å². The van der Waals surface area contributed by atoms with Crippen LogP contribution in [0.3, 0.4) is 0 Å². The van der Waals surface area contributed by atoms with Crippen LogP contribution >= 0.6 is 0 Å². The number of aromatic nitrogens is 3. The Kier molecular flexibility index (Phi) is 4.92. The van der Waals surface area contributed by atoms with E-state index in [9.17, 15) is 14.0 Å². The lowest BCUT2D eigenvalue weighted by atomic mass is 10.1. The minimum Gasteiger partial charge on any atom is -0.490 e. The lowest BCUT2D eigenvalue weighted by molar-refractivity contribution is -0.137. The Bertz CT molecular complexity index is 754. The normalized spacial score (nSPS) is 15.2. The van der Waals surface area contributed by atoms with E-state index in [0.29, 0.717) is 31.7 Å². The molecule has 132 valence electrons. The van der Waals surface area contributed by atoms with Gasteiger partial charge < -0.3 is 14.7 Å². The van der Waals surface area contributed by atoms with E-state index >= 15 is 0 Å². The largest absolute Gasteiger partial charge is 0.490 e. The first-order valence-corrected chi connectivity index (χ1v) is 7.84. The average molecular weight is 348 g/mol. The second-order valence-electron chi connectivity index (χ2n) is 5.76. The number of piperidine rings is 1. The Morgan fingerprint density at radius 2 is 1.92 bits per heavy atom. The molecule has 0 atom stereocenters. The van der Waals surface area contributed by atoms with Crippen molar-refractivity contribution < 1.29 is 23.8 Å². The summed E-state index contributed by atoms with van der Waals surface area (Å²) in [6.45, 7) is 0.654. The highest BCUT2D eigenvalue weighted by molar-refractivity contribution is 5.92. The Hall–Kier alpha value is -2.97. The molecule has 25 heavy (non-hydrogen) atoms. The lowest BCUT2D eigenvalue weighted by Crippen LogP contribution is -2.41. The van der Waals surface area contributed by atoms with Crippen molar-refractivity contribution in [3.63, 3.8) is 0 Å². The van der Waals surface area contributed by atoms with Crippen LogP contribution in [0.2, 0.25) is 0 Å². The molecule has 9 heteroatoms. The molecular formula is C16H17FN4O4. The molecule has 1 amide bonds. The minimum absolute atomic E-state index is 0.0443. The number of carboxylic acids is 1. The molecule has 0 radical (unpaired) electrons. The van der Waals surface area contributed by atoms with Crippen LogP contribution in [-0.2, 0) is 11.3 Å². The molecule has 1 aliphatic rings. The molecule has 1 aromatic carbocycles. The second-order valence-corrected chi connectivity index (χ2v) is 5.76. The van der Waals surface area contributed by atoms with Crippen LogP contribution in [0.5, 0.6) is 5.75 Å². The SMILES string of the molecule is O=C(O)Cn1cc(C(=O)N2CCC(Oc3ccc(F)cc3)CC2)nn1. The van der Waals surface area contributed by atoms with E-state index in [-0.39, 0.29) is 30.1 Å². The molecule has 0 bridgehead atoms. The van der Waals surface area contributed by atoms with Crippen molar-refractivity contribution in [1.82, 2.24) is 19.9 Å². The van der Waals surface area contributed by atoms with Gasteiger partial charge >= 0.3 is 5.97 Å². The zero-order valence-corrected chi connectivity index (χ0v) is 13.3. The van der Waals surface area contributed by atoms with Gasteiger partial charge in [0.05, 0.1) is 6.20 Å². The topological polar surface area (TPSA) is 97.5 Å². The summed E-state index contributed by atoms with van der Waals surface area (Å²) in [6.07, 6.45) is 2.58. The van der Waals surface area contributed by atoms with E-state index in [0.717, 1.165) is 4.68 Å². The van der Waals surface area contributed by atoms with E-state index in [1.54, 1.807) is 17.0 Å². The third-order valence-corrected chi connectivity index (χ3v) is 3.90. The molecule has 3 rings (SSSR count). The molecule has 0 aliphatic carbocycles. The number of hydrogen-bond donors (Lipinski definition) is 1. The highest BCUT2D eigenvalue weighted by Gasteiger charge is 2.26. The van der Waals surface area contributed by atoms with Gasteiger partial charge in [0, 0.05) is 25.9 Å². The van der Waals surface area contributed by atoms with Gasteiger partial charge in [0.25, 0.3) is 5.91 Å². The summed E-state index contributed by atoms with van der Waals surface area (Å²) in [5.41, 5.74) is 0.124. The van der Waals surface area contributed by atoms with Crippen LogP contribution in [-0.4, -0.2) is 56.1 Å². The van der Waals surface area contributed by atoms with Crippen LogP contribution in [0.1, 0.15) is 23.3 Å². The number of benzene rings is 1. The van der Waals surface area contributed by atoms with E-state index in [4.69, 9.17) is 9.84 Å².